The molecule has 5 N–H and O–H groups in total. The van der Waals surface area contributed by atoms with E-state index in [1.807, 2.05) is 24.3 Å². The number of aliphatic hydroxyl groups excluding tert-OH is 1. The van der Waals surface area contributed by atoms with Crippen LogP contribution in [0.15, 0.2) is 60.8 Å². The number of carbonyl (C=O) groups excluding carboxylic acids is 2. The van der Waals surface area contributed by atoms with E-state index in [0.717, 1.165) is 83.5 Å². The number of carboxylic acids is 1. The maximum absolute atomic E-state index is 12.6. The summed E-state index contributed by atoms with van der Waals surface area (Å²) in [5.41, 5.74) is 5.32. The minimum absolute atomic E-state index is 0.127. The summed E-state index contributed by atoms with van der Waals surface area (Å²) in [6.45, 7) is 2.50. The van der Waals surface area contributed by atoms with Crippen molar-refractivity contribution < 1.29 is 52.6 Å². The van der Waals surface area contributed by atoms with E-state index < -0.39 is 57.2 Å². The van der Waals surface area contributed by atoms with Gasteiger partial charge in [0, 0.05) is 12.8 Å². The highest BCUT2D eigenvalue weighted by Crippen LogP contribution is 2.43. The van der Waals surface area contributed by atoms with E-state index in [4.69, 9.17) is 24.8 Å². The second-order valence-electron chi connectivity index (χ2n) is 13.6. The molecule has 13 heteroatoms. The second-order valence-corrected chi connectivity index (χ2v) is 15.0. The number of ether oxygens (including phenoxy) is 2. The van der Waals surface area contributed by atoms with Gasteiger partial charge in [-0.1, -0.05) is 126 Å². The van der Waals surface area contributed by atoms with Crippen LogP contribution in [0.25, 0.3) is 0 Å². The summed E-state index contributed by atoms with van der Waals surface area (Å²) in [7, 11) is -4.74. The molecule has 0 saturated carbocycles. The molecule has 0 aliphatic rings. The molecule has 0 radical (unpaired) electrons. The van der Waals surface area contributed by atoms with Gasteiger partial charge < -0.3 is 30.3 Å². The Hall–Kier alpha value is -2.86. The molecule has 316 valence electrons. The molecule has 0 fully saturated rings. The number of esters is 2. The van der Waals surface area contributed by atoms with Gasteiger partial charge in [-0.25, -0.2) is 4.57 Å². The molecule has 12 nitrogen and oxygen atoms in total. The Morgan fingerprint density at radius 2 is 1.24 bits per heavy atom. The van der Waals surface area contributed by atoms with E-state index in [0.29, 0.717) is 19.3 Å². The molecular formula is C42H72NO11P. The number of carbonyl (C=O) groups is 3. The van der Waals surface area contributed by atoms with Crippen molar-refractivity contribution in [2.24, 2.45) is 5.73 Å². The third kappa shape index (κ3) is 36.5. The predicted octanol–water partition coefficient (Wildman–Crippen LogP) is 9.36. The lowest BCUT2D eigenvalue weighted by molar-refractivity contribution is -0.161. The zero-order valence-electron chi connectivity index (χ0n) is 33.6. The van der Waals surface area contributed by atoms with Gasteiger partial charge in [-0.15, -0.1) is 0 Å². The van der Waals surface area contributed by atoms with E-state index >= 15 is 0 Å². The summed E-state index contributed by atoms with van der Waals surface area (Å²) >= 11 is 0. The molecule has 55 heavy (non-hydrogen) atoms. The van der Waals surface area contributed by atoms with Crippen LogP contribution >= 0.6 is 7.82 Å². The third-order valence-corrected chi connectivity index (χ3v) is 9.28. The van der Waals surface area contributed by atoms with Crippen LogP contribution in [-0.4, -0.2) is 71.1 Å². The van der Waals surface area contributed by atoms with Crippen molar-refractivity contribution in [1.29, 1.82) is 0 Å². The number of phosphoric ester groups is 1. The Balaban J connectivity index is 4.50. The van der Waals surface area contributed by atoms with Gasteiger partial charge in [0.05, 0.1) is 19.3 Å². The molecule has 0 aromatic carbocycles. The summed E-state index contributed by atoms with van der Waals surface area (Å²) in [6.07, 6.45) is 37.6. The van der Waals surface area contributed by atoms with E-state index in [2.05, 4.69) is 48.8 Å². The minimum atomic E-state index is -4.74. The molecule has 0 bridgehead atoms. The first-order valence-corrected chi connectivity index (χ1v) is 21.9. The van der Waals surface area contributed by atoms with Crippen LogP contribution in [-0.2, 0) is 37.5 Å². The van der Waals surface area contributed by atoms with Crippen molar-refractivity contribution in [3.63, 3.8) is 0 Å². The SMILES string of the molecule is CC/C=C/CC(O)/C=C/C=C/CCCCCCCC(=O)OC[C@H](COP(=O)(O)OC[C@H](N)C(=O)O)OC(=O)CCCCCCC/C=C\C/C=C\CCCCC. The lowest BCUT2D eigenvalue weighted by Crippen LogP contribution is -2.34. The minimum Gasteiger partial charge on any atom is -0.480 e. The van der Waals surface area contributed by atoms with E-state index in [1.54, 1.807) is 6.08 Å². The van der Waals surface area contributed by atoms with Crippen molar-refractivity contribution in [3.05, 3.63) is 60.8 Å². The Kier molecular flexibility index (Phi) is 34.8. The second kappa shape index (κ2) is 36.8. The molecule has 2 unspecified atom stereocenters. The van der Waals surface area contributed by atoms with E-state index in [-0.39, 0.29) is 19.4 Å². The Morgan fingerprint density at radius 3 is 1.85 bits per heavy atom. The van der Waals surface area contributed by atoms with Gasteiger partial charge in [0.1, 0.15) is 12.6 Å². The molecule has 0 aromatic rings. The van der Waals surface area contributed by atoms with Crippen molar-refractivity contribution in [2.75, 3.05) is 19.8 Å². The Labute approximate surface area is 330 Å². The molecule has 0 aliphatic carbocycles. The normalized spacial score (nSPS) is 15.0. The van der Waals surface area contributed by atoms with Crippen LogP contribution in [0.3, 0.4) is 0 Å². The van der Waals surface area contributed by atoms with Crippen LogP contribution in [0.2, 0.25) is 0 Å². The number of phosphoric acid groups is 1. The van der Waals surface area contributed by atoms with Gasteiger partial charge in [0.25, 0.3) is 0 Å². The van der Waals surface area contributed by atoms with E-state index in [9.17, 15) is 28.9 Å². The summed E-state index contributed by atoms with van der Waals surface area (Å²) in [5.74, 6) is -2.47. The average Bonchev–Trinajstić information content (AvgIpc) is 3.15. The zero-order valence-corrected chi connectivity index (χ0v) is 34.5. The number of carboxylic acid groups (broad SMARTS) is 1. The first kappa shape index (κ1) is 52.1. The van der Waals surface area contributed by atoms with Crippen molar-refractivity contribution >= 4 is 25.7 Å². The summed E-state index contributed by atoms with van der Waals surface area (Å²) < 4.78 is 32.6. The highest BCUT2D eigenvalue weighted by Gasteiger charge is 2.28. The van der Waals surface area contributed by atoms with Gasteiger partial charge in [-0.2, -0.15) is 0 Å². The molecule has 0 heterocycles. The molecule has 0 aliphatic heterocycles. The predicted molar refractivity (Wildman–Crippen MR) is 218 cm³/mol. The number of allylic oxidation sites excluding steroid dienone is 8. The summed E-state index contributed by atoms with van der Waals surface area (Å²) in [5, 5.41) is 18.7. The number of hydrogen-bond donors (Lipinski definition) is 4. The van der Waals surface area contributed by atoms with Crippen LogP contribution < -0.4 is 5.73 Å². The zero-order chi connectivity index (χ0) is 40.8. The number of unbranched alkanes of at least 4 members (excludes halogenated alkanes) is 13. The summed E-state index contributed by atoms with van der Waals surface area (Å²) in [6, 6.07) is -1.54. The van der Waals surface area contributed by atoms with Crippen LogP contribution in [0, 0.1) is 0 Å². The number of rotatable bonds is 37. The molecule has 0 spiro atoms. The first-order valence-electron chi connectivity index (χ1n) is 20.4. The fourth-order valence-corrected chi connectivity index (χ4v) is 5.85. The topological polar surface area (TPSA) is 192 Å². The number of aliphatic carboxylic acids is 1. The van der Waals surface area contributed by atoms with E-state index in [1.165, 1.54) is 19.3 Å². The van der Waals surface area contributed by atoms with Gasteiger partial charge in [0.15, 0.2) is 6.10 Å². The highest BCUT2D eigenvalue weighted by atomic mass is 31.2. The molecule has 0 saturated heterocycles. The fourth-order valence-electron chi connectivity index (χ4n) is 5.07. The van der Waals surface area contributed by atoms with Crippen LogP contribution in [0.5, 0.6) is 0 Å². The molecular weight excluding hydrogens is 725 g/mol. The van der Waals surface area contributed by atoms with Gasteiger partial charge in [0.2, 0.25) is 0 Å². The lowest BCUT2D eigenvalue weighted by Gasteiger charge is -2.20. The van der Waals surface area contributed by atoms with Crippen LogP contribution in [0.4, 0.5) is 0 Å². The van der Waals surface area contributed by atoms with Gasteiger partial charge in [-0.05, 0) is 70.6 Å². The highest BCUT2D eigenvalue weighted by molar-refractivity contribution is 7.47. The van der Waals surface area contributed by atoms with Crippen LogP contribution in [0.1, 0.15) is 149 Å². The number of aliphatic hydroxyl groups is 1. The number of nitrogens with two attached hydrogens (primary N) is 1. The Morgan fingerprint density at radius 1 is 0.673 bits per heavy atom. The third-order valence-electron chi connectivity index (χ3n) is 8.33. The molecule has 0 amide bonds. The first-order chi connectivity index (χ1) is 26.5. The average molecular weight is 798 g/mol. The monoisotopic (exact) mass is 797 g/mol. The molecule has 0 rings (SSSR count). The largest absolute Gasteiger partial charge is 0.480 e. The van der Waals surface area contributed by atoms with Crippen molar-refractivity contribution in [1.82, 2.24) is 0 Å². The number of hydrogen-bond acceptors (Lipinski definition) is 10. The maximum atomic E-state index is 12.6. The summed E-state index contributed by atoms with van der Waals surface area (Å²) in [4.78, 5) is 45.9. The molecule has 4 atom stereocenters. The van der Waals surface area contributed by atoms with Gasteiger partial charge >= 0.3 is 25.7 Å². The molecule has 0 aromatic heterocycles. The lowest BCUT2D eigenvalue weighted by atomic mass is 10.1. The van der Waals surface area contributed by atoms with Crippen molar-refractivity contribution in [2.45, 2.75) is 167 Å². The van der Waals surface area contributed by atoms with Gasteiger partial charge in [-0.3, -0.25) is 23.4 Å². The quantitative estimate of drug-likeness (QED) is 0.0153. The maximum Gasteiger partial charge on any atom is 0.472 e. The van der Waals surface area contributed by atoms with Crippen molar-refractivity contribution in [3.8, 4) is 0 Å². The Bertz CT molecular complexity index is 1180. The standard InChI is InChI=1S/C42H72NO11P/c1-3-5-7-8-9-10-11-12-13-14-15-18-22-25-29-33-41(46)54-38(35-52-55(49,50)53-36-39(43)42(47)48)34-51-40(45)32-28-24-21-19-16-17-20-23-27-31-37(44)30-26-6-4-2/h6,9-10,12-13,20,23,26-27,31,37-39,44H,3-5,7-8,11,14-19,21-22,24-25,28-30,32-36,43H2,1-2H3,(H,47,48)(H,49,50)/b10-9-,13-12-,23-20+,26-6+,31-27+/t37?,38-,39+/m1/s1. The smallest absolute Gasteiger partial charge is 0.472 e. The fraction of sp³-hybridized carbons (Fsp3) is 0.690.